The first kappa shape index (κ1) is 17.3. The molecule has 0 radical (unpaired) electrons. The van der Waals surface area contributed by atoms with Crippen LogP contribution in [0.15, 0.2) is 40.5 Å². The molecule has 0 aromatic carbocycles. The van der Waals surface area contributed by atoms with Gasteiger partial charge in [0.15, 0.2) is 11.5 Å². The van der Waals surface area contributed by atoms with Crippen LogP contribution in [-0.2, 0) is 20.0 Å². The molecule has 10 heteroatoms. The maximum absolute atomic E-state index is 12.5. The normalized spacial score (nSPS) is 10.7. The Balaban J connectivity index is 1.94. The molecule has 0 aliphatic rings. The predicted octanol–water partition coefficient (Wildman–Crippen LogP) is 0.326. The number of hydrogen-bond acceptors (Lipinski definition) is 9. The number of carbonyl (C=O) groups is 1. The Morgan fingerprint density at radius 2 is 2.00 bits per heavy atom. The van der Waals surface area contributed by atoms with Crippen molar-refractivity contribution in [1.82, 2.24) is 24.7 Å². The Morgan fingerprint density at radius 3 is 2.65 bits per heavy atom. The minimum absolute atomic E-state index is 0.0904. The molecule has 0 unspecified atom stereocenters. The van der Waals surface area contributed by atoms with E-state index in [0.29, 0.717) is 12.1 Å². The smallest absolute Gasteiger partial charge is 0.297 e. The topological polar surface area (TPSA) is 127 Å². The molecule has 0 saturated carbocycles. The van der Waals surface area contributed by atoms with E-state index >= 15 is 0 Å². The average Bonchev–Trinajstić information content (AvgIpc) is 3.13. The first-order chi connectivity index (χ1) is 12.5. The van der Waals surface area contributed by atoms with Gasteiger partial charge >= 0.3 is 0 Å². The minimum Gasteiger partial charge on any atom is -0.501 e. The van der Waals surface area contributed by atoms with E-state index in [2.05, 4.69) is 24.6 Å². The maximum atomic E-state index is 12.5. The summed E-state index contributed by atoms with van der Waals surface area (Å²) in [4.78, 5) is 38.5. The Labute approximate surface area is 147 Å². The lowest BCUT2D eigenvalue weighted by atomic mass is 10.1. The number of carbonyl (C=O) groups excluding carboxylic acids is 1. The van der Waals surface area contributed by atoms with Crippen molar-refractivity contribution in [2.75, 3.05) is 11.9 Å². The maximum Gasteiger partial charge on any atom is 0.297 e. The van der Waals surface area contributed by atoms with Gasteiger partial charge in [-0.15, -0.1) is 0 Å². The van der Waals surface area contributed by atoms with Crippen molar-refractivity contribution in [2.45, 2.75) is 13.0 Å². The van der Waals surface area contributed by atoms with Crippen molar-refractivity contribution >= 4 is 11.7 Å². The number of Topliss-reactive ketones (excluding diaryl/α,β-unsaturated/α-hetero) is 1. The molecule has 3 rings (SSSR count). The molecule has 26 heavy (non-hydrogen) atoms. The summed E-state index contributed by atoms with van der Waals surface area (Å²) in [5.41, 5.74) is 0.322. The van der Waals surface area contributed by atoms with E-state index in [1.165, 1.54) is 30.4 Å². The van der Waals surface area contributed by atoms with Crippen LogP contribution in [0, 0.1) is 0 Å². The van der Waals surface area contributed by atoms with E-state index in [4.69, 9.17) is 0 Å². The van der Waals surface area contributed by atoms with Crippen LogP contribution < -0.4 is 10.5 Å². The van der Waals surface area contributed by atoms with Crippen LogP contribution in [0.2, 0.25) is 0 Å². The van der Waals surface area contributed by atoms with Crippen molar-refractivity contribution in [3.63, 3.8) is 0 Å². The fourth-order valence-corrected chi connectivity index (χ4v) is 2.45. The number of aromatic hydroxyl groups is 1. The molecule has 0 aliphatic heterocycles. The van der Waals surface area contributed by atoms with Gasteiger partial charge < -0.3 is 14.5 Å². The number of ketones is 1. The highest BCUT2D eigenvalue weighted by Crippen LogP contribution is 2.18. The second-order valence-electron chi connectivity index (χ2n) is 5.71. The van der Waals surface area contributed by atoms with Crippen molar-refractivity contribution < 1.29 is 14.4 Å². The molecule has 3 aromatic heterocycles. The fourth-order valence-electron chi connectivity index (χ4n) is 2.45. The quantitative estimate of drug-likeness (QED) is 0.621. The summed E-state index contributed by atoms with van der Waals surface area (Å²) in [6.07, 6.45) is 7.31. The van der Waals surface area contributed by atoms with Crippen LogP contribution in [0.25, 0.3) is 0 Å². The summed E-state index contributed by atoms with van der Waals surface area (Å²) in [6, 6.07) is 0. The van der Waals surface area contributed by atoms with Gasteiger partial charge in [0.25, 0.3) is 5.56 Å². The first-order valence-corrected chi connectivity index (χ1v) is 7.64. The zero-order chi connectivity index (χ0) is 18.7. The van der Waals surface area contributed by atoms with Crippen LogP contribution >= 0.6 is 0 Å². The fraction of sp³-hybridized carbons (Fsp3) is 0.250. The molecule has 134 valence electrons. The van der Waals surface area contributed by atoms with E-state index in [9.17, 15) is 14.7 Å². The molecule has 0 fully saturated rings. The summed E-state index contributed by atoms with van der Waals surface area (Å²) in [5.74, 6) is -0.972. The molecule has 1 N–H and O–H groups in total. The highest BCUT2D eigenvalue weighted by molar-refractivity contribution is 5.98. The third kappa shape index (κ3) is 3.43. The summed E-state index contributed by atoms with van der Waals surface area (Å²) < 4.78 is 5.86. The van der Waals surface area contributed by atoms with Crippen LogP contribution in [0.1, 0.15) is 21.6 Å². The van der Waals surface area contributed by atoms with E-state index in [1.54, 1.807) is 24.3 Å². The van der Waals surface area contributed by atoms with E-state index in [0.717, 1.165) is 5.56 Å². The van der Waals surface area contributed by atoms with Crippen molar-refractivity contribution in [3.8, 4) is 5.75 Å². The van der Waals surface area contributed by atoms with Gasteiger partial charge in [-0.2, -0.15) is 0 Å². The van der Waals surface area contributed by atoms with Gasteiger partial charge in [-0.3, -0.25) is 14.2 Å². The SMILES string of the molecule is CN(Cc1cncnc1)c1nc(C(=O)Cc2cnoc2)c(O)c(=O)n1C. The zero-order valence-electron chi connectivity index (χ0n) is 14.2. The van der Waals surface area contributed by atoms with E-state index in [1.807, 2.05) is 0 Å². The van der Waals surface area contributed by atoms with Crippen molar-refractivity contribution in [2.24, 2.45) is 7.05 Å². The monoisotopic (exact) mass is 356 g/mol. The highest BCUT2D eigenvalue weighted by Gasteiger charge is 2.22. The van der Waals surface area contributed by atoms with Gasteiger partial charge in [0.2, 0.25) is 11.7 Å². The summed E-state index contributed by atoms with van der Waals surface area (Å²) in [6.45, 7) is 0.366. The Hall–Kier alpha value is -3.56. The molecule has 10 nitrogen and oxygen atoms in total. The Bertz CT molecular complexity index is 968. The molecular formula is C16H16N6O4. The summed E-state index contributed by atoms with van der Waals surface area (Å²) >= 11 is 0. The number of anilines is 1. The highest BCUT2D eigenvalue weighted by atomic mass is 16.5. The molecule has 3 heterocycles. The van der Waals surface area contributed by atoms with Crippen LogP contribution in [0.5, 0.6) is 5.75 Å². The van der Waals surface area contributed by atoms with Gasteiger partial charge in [0.05, 0.1) is 6.20 Å². The molecule has 0 saturated heterocycles. The van der Waals surface area contributed by atoms with Crippen molar-refractivity contribution in [3.05, 3.63) is 58.4 Å². The van der Waals surface area contributed by atoms with Gasteiger partial charge in [-0.25, -0.2) is 15.0 Å². The Kier molecular flexibility index (Phi) is 4.74. The molecule has 0 aliphatic carbocycles. The second-order valence-corrected chi connectivity index (χ2v) is 5.71. The Morgan fingerprint density at radius 1 is 1.27 bits per heavy atom. The predicted molar refractivity (Wildman–Crippen MR) is 89.8 cm³/mol. The second kappa shape index (κ2) is 7.13. The van der Waals surface area contributed by atoms with Crippen LogP contribution in [0.4, 0.5) is 5.95 Å². The standard InChI is InChI=1S/C16H16N6O4/c1-21(7-11-4-17-9-18-5-11)16-20-13(14(24)15(25)22(16)2)12(23)3-10-6-19-26-8-10/h4-6,8-9,24H,3,7H2,1-2H3. The number of hydrogen-bond donors (Lipinski definition) is 1. The first-order valence-electron chi connectivity index (χ1n) is 7.64. The number of aromatic nitrogens is 5. The number of rotatable bonds is 6. The molecular weight excluding hydrogens is 340 g/mol. The minimum atomic E-state index is -0.708. The lowest BCUT2D eigenvalue weighted by Gasteiger charge is -2.21. The molecule has 3 aromatic rings. The average molecular weight is 356 g/mol. The number of nitrogens with zero attached hydrogens (tertiary/aromatic N) is 6. The zero-order valence-corrected chi connectivity index (χ0v) is 14.2. The van der Waals surface area contributed by atoms with E-state index < -0.39 is 17.1 Å². The van der Waals surface area contributed by atoms with Gasteiger partial charge in [-0.1, -0.05) is 5.16 Å². The van der Waals surface area contributed by atoms with Crippen LogP contribution in [0.3, 0.4) is 0 Å². The third-order valence-corrected chi connectivity index (χ3v) is 3.73. The molecule has 0 bridgehead atoms. The van der Waals surface area contributed by atoms with Gasteiger partial charge in [-0.05, 0) is 0 Å². The molecule has 0 atom stereocenters. The van der Waals surface area contributed by atoms with Crippen LogP contribution in [-0.4, -0.2) is 42.6 Å². The lowest BCUT2D eigenvalue weighted by molar-refractivity contribution is 0.0984. The largest absolute Gasteiger partial charge is 0.501 e. The summed E-state index contributed by atoms with van der Waals surface area (Å²) in [5, 5.41) is 13.6. The molecule has 0 amide bonds. The van der Waals surface area contributed by atoms with E-state index in [-0.39, 0.29) is 18.1 Å². The van der Waals surface area contributed by atoms with Gasteiger partial charge in [0, 0.05) is 50.6 Å². The molecule has 0 spiro atoms. The summed E-state index contributed by atoms with van der Waals surface area (Å²) in [7, 11) is 3.18. The van der Waals surface area contributed by atoms with Gasteiger partial charge in [0.1, 0.15) is 12.6 Å². The lowest BCUT2D eigenvalue weighted by Crippen LogP contribution is -2.30. The van der Waals surface area contributed by atoms with Crippen molar-refractivity contribution in [1.29, 1.82) is 0 Å². The third-order valence-electron chi connectivity index (χ3n) is 3.73.